The number of hydrogen-bond acceptors (Lipinski definition) is 4. The SMILES string of the molecule is CCn1nc(C)c2nc(N)n(CC(C)(C)CN(C)C)c21. The standard InChI is InChI=1S/C14H26N6/c1-7-20-12-11(10(2)17-20)16-13(15)19(12)9-14(3,4)8-18(5)6/h7-9H2,1-6H3,(H2,15,16). The normalized spacial score (nSPS) is 12.8. The summed E-state index contributed by atoms with van der Waals surface area (Å²) in [6.45, 7) is 11.2. The summed E-state index contributed by atoms with van der Waals surface area (Å²) in [7, 11) is 4.18. The lowest BCUT2D eigenvalue weighted by molar-refractivity contribution is 0.213. The molecule has 0 aliphatic rings. The van der Waals surface area contributed by atoms with Gasteiger partial charge in [-0.25, -0.2) is 9.67 Å². The van der Waals surface area contributed by atoms with Gasteiger partial charge < -0.3 is 10.6 Å². The zero-order valence-electron chi connectivity index (χ0n) is 13.4. The van der Waals surface area contributed by atoms with Crippen LogP contribution in [-0.2, 0) is 13.1 Å². The van der Waals surface area contributed by atoms with Gasteiger partial charge in [0.1, 0.15) is 5.52 Å². The van der Waals surface area contributed by atoms with Crippen LogP contribution in [0, 0.1) is 12.3 Å². The van der Waals surface area contributed by atoms with E-state index in [4.69, 9.17) is 5.73 Å². The molecular formula is C14H26N6. The fourth-order valence-electron chi connectivity index (χ4n) is 2.95. The molecule has 2 aromatic rings. The van der Waals surface area contributed by atoms with Gasteiger partial charge in [-0.15, -0.1) is 0 Å². The Labute approximate surface area is 120 Å². The predicted octanol–water partition coefficient (Wildman–Crippen LogP) is 1.73. The lowest BCUT2D eigenvalue weighted by atomic mass is 9.93. The van der Waals surface area contributed by atoms with Crippen LogP contribution in [0.25, 0.3) is 11.2 Å². The van der Waals surface area contributed by atoms with Gasteiger partial charge in [0, 0.05) is 19.6 Å². The number of fused-ring (bicyclic) bond motifs is 1. The van der Waals surface area contributed by atoms with E-state index in [9.17, 15) is 0 Å². The molecule has 2 rings (SSSR count). The van der Waals surface area contributed by atoms with E-state index in [0.717, 1.165) is 36.5 Å². The van der Waals surface area contributed by atoms with Crippen LogP contribution in [0.1, 0.15) is 26.5 Å². The first-order chi connectivity index (χ1) is 9.25. The Kier molecular flexibility index (Phi) is 3.77. The molecule has 6 heteroatoms. The Balaban J connectivity index is 2.46. The van der Waals surface area contributed by atoms with Crippen LogP contribution in [0.3, 0.4) is 0 Å². The Morgan fingerprint density at radius 2 is 1.95 bits per heavy atom. The van der Waals surface area contributed by atoms with Crippen molar-refractivity contribution in [1.29, 1.82) is 0 Å². The van der Waals surface area contributed by atoms with Crippen molar-refractivity contribution in [3.63, 3.8) is 0 Å². The molecule has 0 saturated heterocycles. The average Bonchev–Trinajstić information content (AvgIpc) is 2.77. The number of hydrogen-bond donors (Lipinski definition) is 1. The first-order valence-electron chi connectivity index (χ1n) is 7.09. The number of aryl methyl sites for hydroxylation is 2. The van der Waals surface area contributed by atoms with E-state index in [0.29, 0.717) is 5.95 Å². The molecule has 2 heterocycles. The topological polar surface area (TPSA) is 64.9 Å². The monoisotopic (exact) mass is 278 g/mol. The molecule has 0 aliphatic heterocycles. The Bertz CT molecular complexity index is 605. The molecule has 0 bridgehead atoms. The highest BCUT2D eigenvalue weighted by atomic mass is 15.4. The third-order valence-corrected chi connectivity index (χ3v) is 3.46. The Morgan fingerprint density at radius 3 is 2.50 bits per heavy atom. The fourth-order valence-corrected chi connectivity index (χ4v) is 2.95. The zero-order chi connectivity index (χ0) is 15.1. The summed E-state index contributed by atoms with van der Waals surface area (Å²) in [6.07, 6.45) is 0. The third kappa shape index (κ3) is 2.65. The molecular weight excluding hydrogens is 252 g/mol. The van der Waals surface area contributed by atoms with E-state index < -0.39 is 0 Å². The van der Waals surface area contributed by atoms with E-state index in [1.807, 2.05) is 11.6 Å². The van der Waals surface area contributed by atoms with E-state index in [1.165, 1.54) is 0 Å². The summed E-state index contributed by atoms with van der Waals surface area (Å²) in [5, 5.41) is 4.53. The summed E-state index contributed by atoms with van der Waals surface area (Å²) >= 11 is 0. The predicted molar refractivity (Wildman–Crippen MR) is 82.7 cm³/mol. The number of aromatic nitrogens is 4. The Hall–Kier alpha value is -1.56. The van der Waals surface area contributed by atoms with Gasteiger partial charge in [0.2, 0.25) is 5.95 Å². The molecule has 0 amide bonds. The van der Waals surface area contributed by atoms with Gasteiger partial charge in [-0.05, 0) is 33.4 Å². The van der Waals surface area contributed by atoms with Crippen molar-refractivity contribution < 1.29 is 0 Å². The van der Waals surface area contributed by atoms with Crippen molar-refractivity contribution in [2.45, 2.75) is 40.8 Å². The largest absolute Gasteiger partial charge is 0.369 e. The van der Waals surface area contributed by atoms with E-state index >= 15 is 0 Å². The molecule has 0 aromatic carbocycles. The van der Waals surface area contributed by atoms with Crippen molar-refractivity contribution in [1.82, 2.24) is 24.2 Å². The van der Waals surface area contributed by atoms with Gasteiger partial charge in [0.05, 0.1) is 5.69 Å². The fraction of sp³-hybridized carbons (Fsp3) is 0.714. The van der Waals surface area contributed by atoms with Crippen LogP contribution in [0.5, 0.6) is 0 Å². The second-order valence-electron chi connectivity index (χ2n) is 6.53. The molecule has 0 spiro atoms. The van der Waals surface area contributed by atoms with Gasteiger partial charge >= 0.3 is 0 Å². The summed E-state index contributed by atoms with van der Waals surface area (Å²) in [6, 6.07) is 0. The summed E-state index contributed by atoms with van der Waals surface area (Å²) in [5.41, 5.74) is 9.14. The van der Waals surface area contributed by atoms with Crippen molar-refractivity contribution in [2.75, 3.05) is 26.4 Å². The molecule has 2 aromatic heterocycles. The smallest absolute Gasteiger partial charge is 0.202 e. The number of rotatable bonds is 5. The summed E-state index contributed by atoms with van der Waals surface area (Å²) < 4.78 is 4.09. The molecule has 2 N–H and O–H groups in total. The minimum absolute atomic E-state index is 0.113. The quantitative estimate of drug-likeness (QED) is 0.904. The lowest BCUT2D eigenvalue weighted by Crippen LogP contribution is -2.33. The zero-order valence-corrected chi connectivity index (χ0v) is 13.4. The maximum absolute atomic E-state index is 6.13. The van der Waals surface area contributed by atoms with Crippen LogP contribution >= 0.6 is 0 Å². The molecule has 0 fully saturated rings. The van der Waals surface area contributed by atoms with Crippen molar-refractivity contribution >= 4 is 17.1 Å². The van der Waals surface area contributed by atoms with Crippen LogP contribution in [0.4, 0.5) is 5.95 Å². The molecule has 0 aliphatic carbocycles. The summed E-state index contributed by atoms with van der Waals surface area (Å²) in [4.78, 5) is 6.69. The minimum Gasteiger partial charge on any atom is -0.369 e. The third-order valence-electron chi connectivity index (χ3n) is 3.46. The van der Waals surface area contributed by atoms with Gasteiger partial charge in [-0.3, -0.25) is 4.57 Å². The van der Waals surface area contributed by atoms with Gasteiger partial charge in [0.25, 0.3) is 0 Å². The number of nitrogens with zero attached hydrogens (tertiary/aromatic N) is 5. The molecule has 112 valence electrons. The first kappa shape index (κ1) is 14.8. The maximum atomic E-state index is 6.13. The highest BCUT2D eigenvalue weighted by molar-refractivity contribution is 5.77. The molecule has 0 atom stereocenters. The second kappa shape index (κ2) is 5.09. The van der Waals surface area contributed by atoms with E-state index in [2.05, 4.69) is 54.4 Å². The number of nitrogen functional groups attached to an aromatic ring is 1. The van der Waals surface area contributed by atoms with Gasteiger partial charge in [-0.1, -0.05) is 13.8 Å². The lowest BCUT2D eigenvalue weighted by Gasteiger charge is -2.29. The molecule has 0 radical (unpaired) electrons. The van der Waals surface area contributed by atoms with Gasteiger partial charge in [0.15, 0.2) is 5.65 Å². The molecule has 0 unspecified atom stereocenters. The number of anilines is 1. The molecule has 0 saturated carbocycles. The van der Waals surface area contributed by atoms with Crippen molar-refractivity contribution in [3.8, 4) is 0 Å². The summed E-state index contributed by atoms with van der Waals surface area (Å²) in [5.74, 6) is 0.578. The second-order valence-corrected chi connectivity index (χ2v) is 6.53. The Morgan fingerprint density at radius 1 is 1.30 bits per heavy atom. The van der Waals surface area contributed by atoms with Gasteiger partial charge in [-0.2, -0.15) is 5.10 Å². The van der Waals surface area contributed by atoms with E-state index in [-0.39, 0.29) is 5.41 Å². The van der Waals surface area contributed by atoms with E-state index in [1.54, 1.807) is 0 Å². The molecule has 6 nitrogen and oxygen atoms in total. The maximum Gasteiger partial charge on any atom is 0.202 e. The van der Waals surface area contributed by atoms with Crippen LogP contribution in [0.2, 0.25) is 0 Å². The highest BCUT2D eigenvalue weighted by Crippen LogP contribution is 2.26. The average molecular weight is 278 g/mol. The molecule has 20 heavy (non-hydrogen) atoms. The number of imidazole rings is 1. The highest BCUT2D eigenvalue weighted by Gasteiger charge is 2.24. The van der Waals surface area contributed by atoms with Crippen LogP contribution < -0.4 is 5.73 Å². The van der Waals surface area contributed by atoms with Crippen molar-refractivity contribution in [2.24, 2.45) is 5.41 Å². The minimum atomic E-state index is 0.113. The number of nitrogens with two attached hydrogens (primary N) is 1. The van der Waals surface area contributed by atoms with Crippen molar-refractivity contribution in [3.05, 3.63) is 5.69 Å². The van der Waals surface area contributed by atoms with Crippen LogP contribution in [0.15, 0.2) is 0 Å². The van der Waals surface area contributed by atoms with Crippen LogP contribution in [-0.4, -0.2) is 44.9 Å². The first-order valence-corrected chi connectivity index (χ1v) is 7.09.